The second-order valence-corrected chi connectivity index (χ2v) is 13.9. The maximum atomic E-state index is 13.2. The number of carbonyl (C=O) groups excluding carboxylic acids is 3. The zero-order valence-electron chi connectivity index (χ0n) is 33.1. The van der Waals surface area contributed by atoms with Crippen LogP contribution in [0.2, 0.25) is 0 Å². The Hall–Kier alpha value is -5.71. The molecule has 1 atom stereocenters. The number of rotatable bonds is 23. The maximum Gasteiger partial charge on any atom is 0.407 e. The molecule has 4 aromatic rings. The highest BCUT2D eigenvalue weighted by atomic mass is 35.5. The van der Waals surface area contributed by atoms with Crippen LogP contribution < -0.4 is 21.1 Å². The van der Waals surface area contributed by atoms with Crippen LogP contribution in [-0.4, -0.2) is 114 Å². The molecule has 1 saturated heterocycles. The first kappa shape index (κ1) is 44.4. The van der Waals surface area contributed by atoms with Gasteiger partial charge >= 0.3 is 12.2 Å². The lowest BCUT2D eigenvalue weighted by Gasteiger charge is -2.32. The molecule has 0 radical (unpaired) electrons. The molecule has 3 heterocycles. The summed E-state index contributed by atoms with van der Waals surface area (Å²) in [5.41, 5.74) is 8.43. The zero-order valence-corrected chi connectivity index (χ0v) is 33.9. The maximum absolute atomic E-state index is 13.2. The summed E-state index contributed by atoms with van der Waals surface area (Å²) in [6.07, 6.45) is 12.1. The molecule has 0 saturated carbocycles. The molecule has 0 unspecified atom stereocenters. The number of anilines is 1. The molecule has 0 bridgehead atoms. The fraction of sp³-hybridized carbons (Fsp3) is 0.429. The van der Waals surface area contributed by atoms with Crippen molar-refractivity contribution < 1.29 is 38.1 Å². The standard InChI is InChI=1S/C42H53ClN8O8/c43-20-6-1-2-7-24-55-28-29-56-27-22-46-42(54)58-26-9-8-25-57-41(53)45-21-10-15-36(52)50-23-11-12-33(30-50)51-40-37(39(44)47-31-48-40)38(49-51)32-16-18-35(19-17-32)59-34-13-4-3-5-14-34/h3-5,8-10,13-19,31,33H,1-2,6-7,11-12,20-30H2,(H,45,53)(H,46,54)(H2,44,47,48)/b9-8-,15-10+/t33-/m1/s1. The Balaban J connectivity index is 0.969. The number of ether oxygens (including phenoxy) is 5. The molecule has 316 valence electrons. The first-order chi connectivity index (χ1) is 28.9. The van der Waals surface area contributed by atoms with Crippen LogP contribution in [0.3, 0.4) is 0 Å². The van der Waals surface area contributed by atoms with Gasteiger partial charge in [0.1, 0.15) is 42.6 Å². The summed E-state index contributed by atoms with van der Waals surface area (Å²) in [6.45, 7) is 3.40. The molecule has 1 aliphatic rings. The van der Waals surface area contributed by atoms with Gasteiger partial charge in [-0.3, -0.25) is 4.79 Å². The molecule has 0 aliphatic carbocycles. The van der Waals surface area contributed by atoms with Gasteiger partial charge in [-0.1, -0.05) is 37.1 Å². The zero-order chi connectivity index (χ0) is 41.5. The van der Waals surface area contributed by atoms with Gasteiger partial charge in [0, 0.05) is 50.3 Å². The number of carbonyl (C=O) groups is 3. The fourth-order valence-corrected chi connectivity index (χ4v) is 6.39. The average Bonchev–Trinajstić information content (AvgIpc) is 3.65. The van der Waals surface area contributed by atoms with Crippen LogP contribution in [-0.2, 0) is 23.7 Å². The van der Waals surface area contributed by atoms with Crippen molar-refractivity contribution in [1.82, 2.24) is 35.3 Å². The van der Waals surface area contributed by atoms with Crippen molar-refractivity contribution in [3.05, 3.63) is 85.2 Å². The molecule has 5 rings (SSSR count). The summed E-state index contributed by atoms with van der Waals surface area (Å²) in [7, 11) is 0. The van der Waals surface area contributed by atoms with Crippen LogP contribution >= 0.6 is 11.6 Å². The van der Waals surface area contributed by atoms with Crippen molar-refractivity contribution in [2.45, 2.75) is 44.6 Å². The van der Waals surface area contributed by atoms with Gasteiger partial charge in [-0.2, -0.15) is 5.10 Å². The van der Waals surface area contributed by atoms with E-state index in [1.165, 1.54) is 12.4 Å². The smallest absolute Gasteiger partial charge is 0.407 e. The van der Waals surface area contributed by atoms with Crippen LogP contribution in [0.15, 0.2) is 85.2 Å². The average molecular weight is 833 g/mol. The molecule has 16 nitrogen and oxygen atoms in total. The molecular formula is C42H53ClN8O8. The highest BCUT2D eigenvalue weighted by molar-refractivity contribution is 6.17. The van der Waals surface area contributed by atoms with E-state index in [1.807, 2.05) is 59.3 Å². The number of nitrogens with zero attached hydrogens (tertiary/aromatic N) is 5. The van der Waals surface area contributed by atoms with Crippen molar-refractivity contribution in [2.75, 3.05) is 77.4 Å². The predicted molar refractivity (Wildman–Crippen MR) is 224 cm³/mol. The summed E-state index contributed by atoms with van der Waals surface area (Å²) in [5, 5.41) is 10.8. The number of piperidine rings is 1. The van der Waals surface area contributed by atoms with E-state index < -0.39 is 12.2 Å². The number of hydrogen-bond donors (Lipinski definition) is 3. The Kier molecular flexibility index (Phi) is 18.8. The number of para-hydroxylation sites is 1. The third-order valence-electron chi connectivity index (χ3n) is 9.15. The normalized spacial score (nSPS) is 14.2. The topological polar surface area (TPSA) is 194 Å². The number of amides is 3. The van der Waals surface area contributed by atoms with E-state index in [0.717, 1.165) is 49.8 Å². The van der Waals surface area contributed by atoms with Gasteiger partial charge in [0.05, 0.1) is 31.2 Å². The molecule has 4 N–H and O–H groups in total. The number of unbranched alkanes of at least 4 members (excludes halogenated alkanes) is 3. The molecule has 1 aliphatic heterocycles. The van der Waals surface area contributed by atoms with Gasteiger partial charge in [-0.25, -0.2) is 24.2 Å². The third-order valence-corrected chi connectivity index (χ3v) is 9.42. The van der Waals surface area contributed by atoms with E-state index in [-0.39, 0.29) is 31.7 Å². The van der Waals surface area contributed by atoms with E-state index >= 15 is 0 Å². The second kappa shape index (κ2) is 24.9. The first-order valence-corrected chi connectivity index (χ1v) is 20.4. The van der Waals surface area contributed by atoms with Crippen LogP contribution in [0, 0.1) is 0 Å². The van der Waals surface area contributed by atoms with E-state index in [9.17, 15) is 14.4 Å². The van der Waals surface area contributed by atoms with E-state index in [0.29, 0.717) is 80.2 Å². The number of hydrogen-bond acceptors (Lipinski definition) is 12. The van der Waals surface area contributed by atoms with Crippen molar-refractivity contribution in [1.29, 1.82) is 0 Å². The quantitative estimate of drug-likeness (QED) is 0.0322. The minimum absolute atomic E-state index is 0.0113. The van der Waals surface area contributed by atoms with Crippen molar-refractivity contribution in [3.8, 4) is 22.8 Å². The van der Waals surface area contributed by atoms with Crippen LogP contribution in [0.1, 0.15) is 44.6 Å². The SMILES string of the molecule is Nc1ncnc2c1c(-c1ccc(Oc3ccccc3)cc1)nn2[C@@H]1CCCN(C(=O)/C=C/CNC(=O)OC/C=C\COC(=O)NCCOCCOCCCCCCCl)C1. The Morgan fingerprint density at radius 2 is 1.54 bits per heavy atom. The van der Waals surface area contributed by atoms with Crippen molar-refractivity contribution in [3.63, 3.8) is 0 Å². The molecule has 59 heavy (non-hydrogen) atoms. The third kappa shape index (κ3) is 14.9. The number of aromatic nitrogens is 4. The minimum atomic E-state index is -0.655. The highest BCUT2D eigenvalue weighted by Gasteiger charge is 2.28. The number of nitrogens with two attached hydrogens (primary N) is 1. The Morgan fingerprint density at radius 1 is 0.831 bits per heavy atom. The Morgan fingerprint density at radius 3 is 2.31 bits per heavy atom. The van der Waals surface area contributed by atoms with E-state index in [1.54, 1.807) is 23.1 Å². The number of fused-ring (bicyclic) bond motifs is 1. The van der Waals surface area contributed by atoms with E-state index in [2.05, 4.69) is 20.6 Å². The largest absolute Gasteiger partial charge is 0.457 e. The summed E-state index contributed by atoms with van der Waals surface area (Å²) < 4.78 is 28.9. The Labute approximate surface area is 349 Å². The van der Waals surface area contributed by atoms with Crippen molar-refractivity contribution >= 4 is 46.5 Å². The van der Waals surface area contributed by atoms with Gasteiger partial charge in [0.15, 0.2) is 5.65 Å². The lowest BCUT2D eigenvalue weighted by atomic mass is 10.1. The van der Waals surface area contributed by atoms with E-state index in [4.69, 9.17) is 46.1 Å². The molecule has 17 heteroatoms. The van der Waals surface area contributed by atoms with Crippen LogP contribution in [0.25, 0.3) is 22.3 Å². The second-order valence-electron chi connectivity index (χ2n) is 13.5. The monoisotopic (exact) mass is 832 g/mol. The number of benzene rings is 2. The number of likely N-dealkylation sites (tertiary alicyclic amines) is 1. The number of alkyl halides is 1. The molecule has 0 spiro atoms. The number of nitrogen functional groups attached to an aromatic ring is 1. The van der Waals surface area contributed by atoms with Crippen LogP contribution in [0.4, 0.5) is 15.4 Å². The number of nitrogens with one attached hydrogen (secondary N) is 2. The number of alkyl carbamates (subject to hydrolysis) is 2. The molecule has 2 aromatic heterocycles. The Bertz CT molecular complexity index is 1960. The van der Waals surface area contributed by atoms with Gasteiger partial charge < -0.3 is 45.0 Å². The van der Waals surface area contributed by atoms with Crippen molar-refractivity contribution in [2.24, 2.45) is 0 Å². The van der Waals surface area contributed by atoms with Gasteiger partial charge in [-0.05, 0) is 74.2 Å². The molecule has 1 fully saturated rings. The summed E-state index contributed by atoms with van der Waals surface area (Å²) in [4.78, 5) is 47.6. The first-order valence-electron chi connectivity index (χ1n) is 19.9. The lowest BCUT2D eigenvalue weighted by Crippen LogP contribution is -2.40. The molecular weight excluding hydrogens is 780 g/mol. The summed E-state index contributed by atoms with van der Waals surface area (Å²) in [5.74, 6) is 2.26. The molecule has 3 amide bonds. The lowest BCUT2D eigenvalue weighted by molar-refractivity contribution is -0.127. The minimum Gasteiger partial charge on any atom is -0.457 e. The highest BCUT2D eigenvalue weighted by Crippen LogP contribution is 2.35. The van der Waals surface area contributed by atoms with Gasteiger partial charge in [0.2, 0.25) is 5.91 Å². The summed E-state index contributed by atoms with van der Waals surface area (Å²) >= 11 is 5.66. The van der Waals surface area contributed by atoms with Gasteiger partial charge in [0.25, 0.3) is 0 Å². The number of halogens is 1. The molecule has 2 aromatic carbocycles. The fourth-order valence-electron chi connectivity index (χ4n) is 6.20. The van der Waals surface area contributed by atoms with Gasteiger partial charge in [-0.15, -0.1) is 11.6 Å². The summed E-state index contributed by atoms with van der Waals surface area (Å²) in [6, 6.07) is 17.0. The van der Waals surface area contributed by atoms with Crippen LogP contribution in [0.5, 0.6) is 11.5 Å². The predicted octanol–water partition coefficient (Wildman–Crippen LogP) is 6.43.